The first-order valence-corrected chi connectivity index (χ1v) is 4.39. The Kier molecular flexibility index (Phi) is 3.82. The van der Waals surface area contributed by atoms with Crippen molar-refractivity contribution in [3.8, 4) is 0 Å². The third-order valence-corrected chi connectivity index (χ3v) is 1.98. The van der Waals surface area contributed by atoms with Crippen LogP contribution in [-0.4, -0.2) is 16.1 Å². The molecule has 18 heavy (non-hydrogen) atoms. The lowest BCUT2D eigenvalue weighted by molar-refractivity contribution is -0.141. The molecule has 100 valence electrons. The van der Waals surface area contributed by atoms with Crippen LogP contribution in [0, 0.1) is 5.82 Å². The summed E-state index contributed by atoms with van der Waals surface area (Å²) in [7, 11) is 0. The highest BCUT2D eigenvalue weighted by molar-refractivity contribution is 5.71. The van der Waals surface area contributed by atoms with E-state index in [4.69, 9.17) is 5.11 Å². The van der Waals surface area contributed by atoms with Gasteiger partial charge < -0.3 is 5.11 Å². The van der Waals surface area contributed by atoms with Gasteiger partial charge in [-0.2, -0.15) is 13.2 Å². The molecule has 9 heteroatoms. The zero-order chi connectivity index (χ0) is 14.1. The number of nitrogens with zero attached hydrogens (tertiary/aromatic N) is 1. The van der Waals surface area contributed by atoms with Gasteiger partial charge in [-0.1, -0.05) is 0 Å². The Bertz CT molecular complexity index is 471. The normalized spacial score (nSPS) is 11.9. The Morgan fingerprint density at radius 1 is 1.39 bits per heavy atom. The number of alkyl halides is 5. The summed E-state index contributed by atoms with van der Waals surface area (Å²) in [5.41, 5.74) is -5.06. The molecule has 0 aliphatic carbocycles. The lowest BCUT2D eigenvalue weighted by atomic mass is 10.0. The molecule has 1 rings (SSSR count). The molecule has 1 heterocycles. The molecule has 1 N–H and O–H groups in total. The molecule has 0 bridgehead atoms. The molecule has 0 unspecified atom stereocenters. The summed E-state index contributed by atoms with van der Waals surface area (Å²) >= 11 is 0. The van der Waals surface area contributed by atoms with Gasteiger partial charge in [-0.15, -0.1) is 0 Å². The van der Waals surface area contributed by atoms with Gasteiger partial charge in [-0.05, 0) is 0 Å². The van der Waals surface area contributed by atoms with Crippen LogP contribution in [0.1, 0.15) is 23.2 Å². The largest absolute Gasteiger partial charge is 0.481 e. The first kappa shape index (κ1) is 14.3. The quantitative estimate of drug-likeness (QED) is 0.861. The van der Waals surface area contributed by atoms with Gasteiger partial charge in [0.2, 0.25) is 0 Å². The minimum atomic E-state index is -5.31. The van der Waals surface area contributed by atoms with E-state index in [0.29, 0.717) is 0 Å². The number of aliphatic carboxylic acids is 1. The number of rotatable bonds is 3. The molecule has 0 fully saturated rings. The topological polar surface area (TPSA) is 50.2 Å². The van der Waals surface area contributed by atoms with E-state index >= 15 is 0 Å². The van der Waals surface area contributed by atoms with Crippen LogP contribution in [0.5, 0.6) is 0 Å². The van der Waals surface area contributed by atoms with E-state index in [0.717, 1.165) is 0 Å². The van der Waals surface area contributed by atoms with Crippen molar-refractivity contribution in [3.63, 3.8) is 0 Å². The summed E-state index contributed by atoms with van der Waals surface area (Å²) in [5, 5.41) is 8.37. The van der Waals surface area contributed by atoms with Crippen LogP contribution in [0.4, 0.5) is 26.3 Å². The van der Waals surface area contributed by atoms with Crippen LogP contribution in [-0.2, 0) is 17.4 Å². The molecule has 0 saturated carbocycles. The molecule has 0 aromatic carbocycles. The van der Waals surface area contributed by atoms with E-state index in [1.165, 1.54) is 0 Å². The molecule has 3 nitrogen and oxygen atoms in total. The van der Waals surface area contributed by atoms with Crippen molar-refractivity contribution >= 4 is 5.97 Å². The second-order valence-corrected chi connectivity index (χ2v) is 3.21. The first-order chi connectivity index (χ1) is 8.14. The maximum atomic E-state index is 13.1. The summed E-state index contributed by atoms with van der Waals surface area (Å²) in [4.78, 5) is 13.0. The van der Waals surface area contributed by atoms with Crippen LogP contribution < -0.4 is 0 Å². The number of hydrogen-bond donors (Lipinski definition) is 1. The SMILES string of the molecule is O=C(O)Cc1c(F)cnc(C(F)F)c1C(F)(F)F. The fourth-order valence-corrected chi connectivity index (χ4v) is 1.35. The Balaban J connectivity index is 3.55. The summed E-state index contributed by atoms with van der Waals surface area (Å²) in [6.45, 7) is 0. The van der Waals surface area contributed by atoms with Crippen molar-refractivity contribution in [2.24, 2.45) is 0 Å². The molecule has 0 saturated heterocycles. The van der Waals surface area contributed by atoms with Gasteiger partial charge in [0.15, 0.2) is 0 Å². The Labute approximate surface area is 96.1 Å². The molecule has 0 aliphatic heterocycles. The molecule has 1 aromatic rings. The number of pyridine rings is 1. The minimum Gasteiger partial charge on any atom is -0.481 e. The smallest absolute Gasteiger partial charge is 0.418 e. The first-order valence-electron chi connectivity index (χ1n) is 4.39. The van der Waals surface area contributed by atoms with Gasteiger partial charge in [0.25, 0.3) is 6.43 Å². The van der Waals surface area contributed by atoms with E-state index in [1.807, 2.05) is 0 Å². The number of hydrogen-bond acceptors (Lipinski definition) is 2. The zero-order valence-electron chi connectivity index (χ0n) is 8.43. The standard InChI is InChI=1S/C9H5F6NO2/c10-4-2-16-7(8(11)12)6(9(13,14)15)3(4)1-5(17)18/h2,8H,1H2,(H,17,18). The van der Waals surface area contributed by atoms with E-state index < -0.39 is 47.6 Å². The Morgan fingerprint density at radius 3 is 2.33 bits per heavy atom. The summed E-state index contributed by atoms with van der Waals surface area (Å²) in [6, 6.07) is 0. The van der Waals surface area contributed by atoms with Crippen LogP contribution >= 0.6 is 0 Å². The van der Waals surface area contributed by atoms with Crippen molar-refractivity contribution in [1.82, 2.24) is 4.98 Å². The third-order valence-electron chi connectivity index (χ3n) is 1.98. The van der Waals surface area contributed by atoms with E-state index in [1.54, 1.807) is 0 Å². The lowest BCUT2D eigenvalue weighted by Gasteiger charge is -2.15. The number of carboxylic acid groups (broad SMARTS) is 1. The average Bonchev–Trinajstić information content (AvgIpc) is 2.17. The highest BCUT2D eigenvalue weighted by Gasteiger charge is 2.41. The van der Waals surface area contributed by atoms with Crippen LogP contribution in [0.25, 0.3) is 0 Å². The second kappa shape index (κ2) is 4.83. The maximum Gasteiger partial charge on any atom is 0.418 e. The van der Waals surface area contributed by atoms with Gasteiger partial charge in [0.1, 0.15) is 11.5 Å². The van der Waals surface area contributed by atoms with Gasteiger partial charge in [0, 0.05) is 5.56 Å². The number of carbonyl (C=O) groups is 1. The van der Waals surface area contributed by atoms with Crippen LogP contribution in [0.15, 0.2) is 6.20 Å². The molecular formula is C9H5F6NO2. The van der Waals surface area contributed by atoms with Crippen molar-refractivity contribution in [3.05, 3.63) is 28.8 Å². The molecule has 0 atom stereocenters. The van der Waals surface area contributed by atoms with E-state index in [2.05, 4.69) is 4.98 Å². The highest BCUT2D eigenvalue weighted by atomic mass is 19.4. The molecule has 0 amide bonds. The number of aromatic nitrogens is 1. The van der Waals surface area contributed by atoms with Crippen molar-refractivity contribution in [2.75, 3.05) is 0 Å². The van der Waals surface area contributed by atoms with E-state index in [9.17, 15) is 31.1 Å². The number of halogens is 6. The lowest BCUT2D eigenvalue weighted by Crippen LogP contribution is -2.18. The maximum absolute atomic E-state index is 13.1. The summed E-state index contributed by atoms with van der Waals surface area (Å²) in [5.74, 6) is -3.36. The monoisotopic (exact) mass is 273 g/mol. The van der Waals surface area contributed by atoms with Crippen molar-refractivity contribution in [1.29, 1.82) is 0 Å². The van der Waals surface area contributed by atoms with Gasteiger partial charge in [-0.25, -0.2) is 13.2 Å². The molecule has 0 aliphatic rings. The summed E-state index contributed by atoms with van der Waals surface area (Å²) < 4.78 is 75.6. The van der Waals surface area contributed by atoms with Crippen molar-refractivity contribution in [2.45, 2.75) is 19.0 Å². The van der Waals surface area contributed by atoms with E-state index in [-0.39, 0.29) is 6.20 Å². The molecule has 1 aromatic heterocycles. The fourth-order valence-electron chi connectivity index (χ4n) is 1.35. The van der Waals surface area contributed by atoms with Crippen LogP contribution in [0.3, 0.4) is 0 Å². The van der Waals surface area contributed by atoms with Gasteiger partial charge in [0.05, 0.1) is 18.2 Å². The van der Waals surface area contributed by atoms with Gasteiger partial charge >= 0.3 is 12.1 Å². The highest BCUT2D eigenvalue weighted by Crippen LogP contribution is 2.38. The Hall–Kier alpha value is -1.80. The molecule has 0 radical (unpaired) electrons. The minimum absolute atomic E-state index is 0.148. The summed E-state index contributed by atoms with van der Waals surface area (Å²) in [6.07, 6.45) is -10.1. The zero-order valence-corrected chi connectivity index (χ0v) is 8.43. The molecular weight excluding hydrogens is 268 g/mol. The predicted octanol–water partition coefficient (Wildman–Crippen LogP) is 2.80. The predicted molar refractivity (Wildman–Crippen MR) is 45.5 cm³/mol. The van der Waals surface area contributed by atoms with Crippen LogP contribution in [0.2, 0.25) is 0 Å². The van der Waals surface area contributed by atoms with Gasteiger partial charge in [-0.3, -0.25) is 9.78 Å². The Morgan fingerprint density at radius 2 is 1.94 bits per heavy atom. The van der Waals surface area contributed by atoms with Crippen molar-refractivity contribution < 1.29 is 36.2 Å². The second-order valence-electron chi connectivity index (χ2n) is 3.21. The molecule has 0 spiro atoms. The number of carboxylic acids is 1. The third kappa shape index (κ3) is 2.90. The fraction of sp³-hybridized carbons (Fsp3) is 0.333. The average molecular weight is 273 g/mol.